The minimum absolute atomic E-state index is 0.333. The molecule has 0 aliphatic carbocycles. The van der Waals surface area contributed by atoms with Gasteiger partial charge in [0.2, 0.25) is 0 Å². The van der Waals surface area contributed by atoms with Crippen LogP contribution in [0.1, 0.15) is 10.4 Å². The van der Waals surface area contributed by atoms with E-state index in [0.717, 1.165) is 8.95 Å². The number of benzene rings is 2. The molecule has 0 spiro atoms. The Morgan fingerprint density at radius 3 is 2.44 bits per heavy atom. The van der Waals surface area contributed by atoms with Gasteiger partial charge < -0.3 is 10.5 Å². The molecule has 2 rings (SSSR count). The number of nitrogens with two attached hydrogens (primary N) is 1. The van der Waals surface area contributed by atoms with Crippen molar-refractivity contribution < 1.29 is 9.53 Å². The molecule has 0 atom stereocenters. The molecule has 1 amide bonds. The Balaban J connectivity index is 2.41. The fourth-order valence-corrected chi connectivity index (χ4v) is 2.16. The number of para-hydroxylation sites is 1. The van der Waals surface area contributed by atoms with Gasteiger partial charge in [-0.2, -0.15) is 0 Å². The summed E-state index contributed by atoms with van der Waals surface area (Å²) in [6.07, 6.45) is 0. The van der Waals surface area contributed by atoms with Crippen molar-refractivity contribution in [2.75, 3.05) is 0 Å². The summed E-state index contributed by atoms with van der Waals surface area (Å²) in [5.74, 6) is 0.526. The monoisotopic (exact) mass is 369 g/mol. The molecule has 0 unspecified atom stereocenters. The number of hydrogen-bond acceptors (Lipinski definition) is 2. The van der Waals surface area contributed by atoms with Crippen molar-refractivity contribution in [2.45, 2.75) is 0 Å². The lowest BCUT2D eigenvalue weighted by molar-refractivity contribution is 0.0998. The standard InChI is InChI=1S/C13H9Br2NO2/c14-8-5-6-11(9(7-8)13(16)17)18-12-4-2-1-3-10(12)15/h1-7H,(H2,16,17). The van der Waals surface area contributed by atoms with Gasteiger partial charge >= 0.3 is 0 Å². The zero-order valence-electron chi connectivity index (χ0n) is 9.19. The fourth-order valence-electron chi connectivity index (χ4n) is 1.43. The molecule has 0 bridgehead atoms. The number of carbonyl (C=O) groups excluding carboxylic acids is 1. The summed E-state index contributed by atoms with van der Waals surface area (Å²) >= 11 is 6.67. The van der Waals surface area contributed by atoms with Gasteiger partial charge in [-0.1, -0.05) is 28.1 Å². The van der Waals surface area contributed by atoms with Crippen LogP contribution in [0.15, 0.2) is 51.4 Å². The highest BCUT2D eigenvalue weighted by Crippen LogP contribution is 2.32. The van der Waals surface area contributed by atoms with Crippen LogP contribution in [0.5, 0.6) is 11.5 Å². The molecule has 18 heavy (non-hydrogen) atoms. The summed E-state index contributed by atoms with van der Waals surface area (Å²) in [7, 11) is 0. The van der Waals surface area contributed by atoms with E-state index >= 15 is 0 Å². The summed E-state index contributed by atoms with van der Waals surface area (Å²) < 4.78 is 7.27. The minimum atomic E-state index is -0.529. The summed E-state index contributed by atoms with van der Waals surface area (Å²) in [6.45, 7) is 0. The van der Waals surface area contributed by atoms with Crippen LogP contribution in [0.2, 0.25) is 0 Å². The summed E-state index contributed by atoms with van der Waals surface area (Å²) in [6, 6.07) is 12.5. The molecule has 0 heterocycles. The molecule has 3 nitrogen and oxygen atoms in total. The Bertz CT molecular complexity index is 599. The van der Waals surface area contributed by atoms with E-state index in [4.69, 9.17) is 10.5 Å². The van der Waals surface area contributed by atoms with Crippen molar-refractivity contribution in [3.05, 3.63) is 57.0 Å². The molecule has 0 saturated carbocycles. The van der Waals surface area contributed by atoms with Crippen molar-refractivity contribution in [3.8, 4) is 11.5 Å². The topological polar surface area (TPSA) is 52.3 Å². The molecule has 0 fully saturated rings. The van der Waals surface area contributed by atoms with E-state index in [1.54, 1.807) is 24.3 Å². The van der Waals surface area contributed by atoms with E-state index in [-0.39, 0.29) is 0 Å². The molecule has 0 aliphatic heterocycles. The molecule has 92 valence electrons. The molecule has 0 aliphatic rings. The first-order chi connectivity index (χ1) is 8.58. The van der Waals surface area contributed by atoms with Crippen molar-refractivity contribution in [2.24, 2.45) is 5.73 Å². The van der Waals surface area contributed by atoms with Gasteiger partial charge in [0.05, 0.1) is 10.0 Å². The van der Waals surface area contributed by atoms with Gasteiger partial charge in [0.15, 0.2) is 0 Å². The number of rotatable bonds is 3. The highest BCUT2D eigenvalue weighted by molar-refractivity contribution is 9.10. The van der Waals surface area contributed by atoms with Crippen LogP contribution in [0, 0.1) is 0 Å². The first-order valence-corrected chi connectivity index (χ1v) is 6.68. The van der Waals surface area contributed by atoms with Gasteiger partial charge in [-0.25, -0.2) is 0 Å². The van der Waals surface area contributed by atoms with Gasteiger partial charge in [0, 0.05) is 4.47 Å². The van der Waals surface area contributed by atoms with E-state index in [1.807, 2.05) is 18.2 Å². The zero-order chi connectivity index (χ0) is 13.1. The molecule has 2 N–H and O–H groups in total. The van der Waals surface area contributed by atoms with Crippen LogP contribution in [0.3, 0.4) is 0 Å². The predicted octanol–water partition coefficient (Wildman–Crippen LogP) is 4.10. The third-order valence-corrected chi connectivity index (χ3v) is 3.41. The van der Waals surface area contributed by atoms with Crippen LogP contribution in [-0.2, 0) is 0 Å². The summed E-state index contributed by atoms with van der Waals surface area (Å²) in [5, 5.41) is 0. The molecule has 2 aromatic rings. The second kappa shape index (κ2) is 5.54. The van der Waals surface area contributed by atoms with E-state index in [1.165, 1.54) is 0 Å². The Morgan fingerprint density at radius 1 is 1.06 bits per heavy atom. The SMILES string of the molecule is NC(=O)c1cc(Br)ccc1Oc1ccccc1Br. The average molecular weight is 371 g/mol. The van der Waals surface area contributed by atoms with Crippen molar-refractivity contribution >= 4 is 37.8 Å². The molecular weight excluding hydrogens is 362 g/mol. The number of carbonyl (C=O) groups is 1. The predicted molar refractivity (Wildman–Crippen MR) is 76.9 cm³/mol. The highest BCUT2D eigenvalue weighted by Gasteiger charge is 2.12. The largest absolute Gasteiger partial charge is 0.455 e. The zero-order valence-corrected chi connectivity index (χ0v) is 12.4. The second-order valence-electron chi connectivity index (χ2n) is 3.54. The fraction of sp³-hybridized carbons (Fsp3) is 0. The minimum Gasteiger partial charge on any atom is -0.455 e. The first-order valence-electron chi connectivity index (χ1n) is 5.09. The van der Waals surface area contributed by atoms with Crippen LogP contribution in [-0.4, -0.2) is 5.91 Å². The van der Waals surface area contributed by atoms with Crippen molar-refractivity contribution in [1.29, 1.82) is 0 Å². The Morgan fingerprint density at radius 2 is 1.78 bits per heavy atom. The lowest BCUT2D eigenvalue weighted by atomic mass is 10.2. The smallest absolute Gasteiger partial charge is 0.252 e. The lowest BCUT2D eigenvalue weighted by Gasteiger charge is -2.10. The maximum Gasteiger partial charge on any atom is 0.252 e. The number of primary amides is 1. The normalized spacial score (nSPS) is 10.1. The lowest BCUT2D eigenvalue weighted by Crippen LogP contribution is -2.12. The van der Waals surface area contributed by atoms with Gasteiger partial charge in [-0.15, -0.1) is 0 Å². The van der Waals surface area contributed by atoms with E-state index in [2.05, 4.69) is 31.9 Å². The van der Waals surface area contributed by atoms with Crippen LogP contribution >= 0.6 is 31.9 Å². The Labute approximate surface area is 121 Å². The quantitative estimate of drug-likeness (QED) is 0.884. The number of hydrogen-bond donors (Lipinski definition) is 1. The van der Waals surface area contributed by atoms with Gasteiger partial charge in [0.1, 0.15) is 11.5 Å². The van der Waals surface area contributed by atoms with E-state index < -0.39 is 5.91 Å². The summed E-state index contributed by atoms with van der Waals surface area (Å²) in [4.78, 5) is 11.4. The van der Waals surface area contributed by atoms with Crippen LogP contribution < -0.4 is 10.5 Å². The summed E-state index contributed by atoms with van der Waals surface area (Å²) in [5.41, 5.74) is 5.66. The molecule has 2 aromatic carbocycles. The van der Waals surface area contributed by atoms with Crippen molar-refractivity contribution in [1.82, 2.24) is 0 Å². The van der Waals surface area contributed by atoms with E-state index in [9.17, 15) is 4.79 Å². The third-order valence-electron chi connectivity index (χ3n) is 2.26. The first kappa shape index (κ1) is 13.1. The van der Waals surface area contributed by atoms with Crippen LogP contribution in [0.4, 0.5) is 0 Å². The molecular formula is C13H9Br2NO2. The average Bonchev–Trinajstić information content (AvgIpc) is 2.34. The van der Waals surface area contributed by atoms with E-state index in [0.29, 0.717) is 17.1 Å². The van der Waals surface area contributed by atoms with Gasteiger partial charge in [-0.3, -0.25) is 4.79 Å². The Kier molecular flexibility index (Phi) is 4.04. The molecule has 5 heteroatoms. The van der Waals surface area contributed by atoms with Gasteiger partial charge in [-0.05, 0) is 46.3 Å². The maximum atomic E-state index is 11.4. The Hall–Kier alpha value is -1.33. The van der Waals surface area contributed by atoms with Crippen LogP contribution in [0.25, 0.3) is 0 Å². The molecule has 0 aromatic heterocycles. The molecule has 0 saturated heterocycles. The second-order valence-corrected chi connectivity index (χ2v) is 5.31. The molecule has 0 radical (unpaired) electrons. The number of ether oxygens (including phenoxy) is 1. The van der Waals surface area contributed by atoms with Crippen molar-refractivity contribution in [3.63, 3.8) is 0 Å². The van der Waals surface area contributed by atoms with Gasteiger partial charge in [0.25, 0.3) is 5.91 Å². The maximum absolute atomic E-state index is 11.4. The highest BCUT2D eigenvalue weighted by atomic mass is 79.9. The number of amides is 1. The third kappa shape index (κ3) is 2.91. The number of halogens is 2.